The van der Waals surface area contributed by atoms with Crippen LogP contribution in [-0.2, 0) is 9.84 Å². The first-order valence-corrected chi connectivity index (χ1v) is 10.1. The van der Waals surface area contributed by atoms with E-state index in [-0.39, 0.29) is 26.1 Å². The molecule has 0 aliphatic rings. The second-order valence-corrected chi connectivity index (χ2v) is 7.83. The Labute approximate surface area is 164 Å². The van der Waals surface area contributed by atoms with Gasteiger partial charge in [0.2, 0.25) is 9.84 Å². The van der Waals surface area contributed by atoms with Gasteiger partial charge >= 0.3 is 0 Å². The fourth-order valence-electron chi connectivity index (χ4n) is 2.35. The second-order valence-electron chi connectivity index (χ2n) is 5.51. The van der Waals surface area contributed by atoms with E-state index in [1.165, 1.54) is 18.2 Å². The first-order valence-electron chi connectivity index (χ1n) is 8.27. The number of carbonyl (C=O) groups is 1. The van der Waals surface area contributed by atoms with E-state index in [2.05, 4.69) is 5.32 Å². The maximum absolute atomic E-state index is 13.1. The Balaban J connectivity index is 2.46. The van der Waals surface area contributed by atoms with Crippen molar-refractivity contribution in [2.75, 3.05) is 0 Å². The van der Waals surface area contributed by atoms with Crippen LogP contribution in [0.5, 0.6) is 0 Å². The highest BCUT2D eigenvalue weighted by molar-refractivity contribution is 7.95. The average Bonchev–Trinajstić information content (AvgIpc) is 2.68. The third-order valence-electron chi connectivity index (χ3n) is 3.70. The van der Waals surface area contributed by atoms with Crippen molar-refractivity contribution in [1.82, 2.24) is 5.32 Å². The number of amides is 1. The van der Waals surface area contributed by atoms with E-state index < -0.39 is 15.7 Å². The van der Waals surface area contributed by atoms with Crippen LogP contribution in [0.2, 0.25) is 5.02 Å². The van der Waals surface area contributed by atoms with E-state index in [0.29, 0.717) is 0 Å². The predicted molar refractivity (Wildman–Crippen MR) is 109 cm³/mol. The molecule has 0 atom stereocenters. The lowest BCUT2D eigenvalue weighted by Gasteiger charge is -2.15. The molecule has 0 radical (unpaired) electrons. The molecule has 27 heavy (non-hydrogen) atoms. The third kappa shape index (κ3) is 4.96. The minimum atomic E-state index is -3.83. The summed E-state index contributed by atoms with van der Waals surface area (Å²) in [5.41, 5.74) is 0.447. The lowest BCUT2D eigenvalue weighted by atomic mass is 10.2. The van der Waals surface area contributed by atoms with Gasteiger partial charge in [0, 0.05) is 0 Å². The van der Waals surface area contributed by atoms with Crippen molar-refractivity contribution < 1.29 is 13.2 Å². The van der Waals surface area contributed by atoms with Crippen LogP contribution < -0.4 is 5.32 Å². The van der Waals surface area contributed by atoms with Crippen LogP contribution in [0.15, 0.2) is 94.4 Å². The molecular formula is C21H20ClNO3S. The number of hydrogen-bond acceptors (Lipinski definition) is 3. The minimum absolute atomic E-state index is 0.00490. The lowest BCUT2D eigenvalue weighted by molar-refractivity contribution is 0.0967. The zero-order valence-corrected chi connectivity index (χ0v) is 16.6. The predicted octanol–water partition coefficient (Wildman–Crippen LogP) is 4.91. The highest BCUT2D eigenvalue weighted by Crippen LogP contribution is 2.25. The first-order chi connectivity index (χ1) is 12.9. The lowest BCUT2D eigenvalue weighted by Crippen LogP contribution is -2.26. The molecule has 0 bridgehead atoms. The van der Waals surface area contributed by atoms with Crippen LogP contribution in [0.25, 0.3) is 0 Å². The van der Waals surface area contributed by atoms with Gasteiger partial charge in [-0.15, -0.1) is 0 Å². The van der Waals surface area contributed by atoms with Crippen LogP contribution in [0, 0.1) is 0 Å². The smallest absolute Gasteiger partial charge is 0.257 e. The largest absolute Gasteiger partial charge is 0.321 e. The molecule has 1 N–H and O–H groups in total. The van der Waals surface area contributed by atoms with Gasteiger partial charge in [0.1, 0.15) is 0 Å². The van der Waals surface area contributed by atoms with Crippen molar-refractivity contribution in [2.24, 2.45) is 0 Å². The van der Waals surface area contributed by atoms with Gasteiger partial charge in [-0.2, -0.15) is 0 Å². The van der Waals surface area contributed by atoms with Gasteiger partial charge in [0.25, 0.3) is 5.91 Å². The average molecular weight is 402 g/mol. The molecule has 0 spiro atoms. The molecule has 0 saturated heterocycles. The maximum atomic E-state index is 13.1. The standard InChI is InChI=1S/C21H20ClNO3S/c1-3-5-15-20(27(25,26)16-11-7-6-8-12-16)19(4-2)23-21(24)17-13-9-10-14-18(17)22/h3-15H,1-2H3,(H,23,24)/b5-3+,19-4+,20-15+. The quantitative estimate of drug-likeness (QED) is 0.699. The summed E-state index contributed by atoms with van der Waals surface area (Å²) in [4.78, 5) is 12.7. The Morgan fingerprint density at radius 3 is 2.22 bits per heavy atom. The number of allylic oxidation sites excluding steroid dienone is 4. The molecular weight excluding hydrogens is 382 g/mol. The fourth-order valence-corrected chi connectivity index (χ4v) is 4.05. The molecule has 2 aromatic rings. The zero-order valence-electron chi connectivity index (χ0n) is 15.0. The Bertz CT molecular complexity index is 1010. The van der Waals surface area contributed by atoms with Crippen LogP contribution in [-0.4, -0.2) is 14.3 Å². The third-order valence-corrected chi connectivity index (χ3v) is 5.86. The molecule has 0 aliphatic carbocycles. The topological polar surface area (TPSA) is 63.2 Å². The van der Waals surface area contributed by atoms with Crippen LogP contribution in [0.4, 0.5) is 0 Å². The highest BCUT2D eigenvalue weighted by Gasteiger charge is 2.25. The van der Waals surface area contributed by atoms with Crippen molar-refractivity contribution in [3.05, 3.63) is 100 Å². The number of rotatable bonds is 6. The van der Waals surface area contributed by atoms with Gasteiger partial charge in [-0.3, -0.25) is 4.79 Å². The summed E-state index contributed by atoms with van der Waals surface area (Å²) < 4.78 is 26.2. The van der Waals surface area contributed by atoms with Crippen molar-refractivity contribution >= 4 is 27.3 Å². The molecule has 140 valence electrons. The van der Waals surface area contributed by atoms with E-state index in [4.69, 9.17) is 11.6 Å². The van der Waals surface area contributed by atoms with Gasteiger partial charge < -0.3 is 5.32 Å². The monoisotopic (exact) mass is 401 g/mol. The number of benzene rings is 2. The molecule has 2 aromatic carbocycles. The summed E-state index contributed by atoms with van der Waals surface area (Å²) in [6.07, 6.45) is 6.33. The van der Waals surface area contributed by atoms with E-state index in [9.17, 15) is 13.2 Å². The number of halogens is 1. The number of sulfone groups is 1. The number of nitrogens with one attached hydrogen (secondary N) is 1. The van der Waals surface area contributed by atoms with E-state index in [1.54, 1.807) is 74.5 Å². The molecule has 4 nitrogen and oxygen atoms in total. The SMILES string of the molecule is C/C=C/C=C(\C(=C/C)NC(=O)c1ccccc1Cl)S(=O)(=O)c1ccccc1. The number of carbonyl (C=O) groups excluding carboxylic acids is 1. The Morgan fingerprint density at radius 1 is 1.00 bits per heavy atom. The summed E-state index contributed by atoms with van der Waals surface area (Å²) in [7, 11) is -3.83. The molecule has 0 heterocycles. The highest BCUT2D eigenvalue weighted by atomic mass is 35.5. The van der Waals surface area contributed by atoms with Crippen molar-refractivity contribution in [3.8, 4) is 0 Å². The zero-order chi connectivity index (χ0) is 19.9. The fraction of sp³-hybridized carbons (Fsp3) is 0.0952. The van der Waals surface area contributed by atoms with Gasteiger partial charge in [0.15, 0.2) is 0 Å². The van der Waals surface area contributed by atoms with E-state index >= 15 is 0 Å². The summed E-state index contributed by atoms with van der Waals surface area (Å²) in [5, 5.41) is 2.95. The molecule has 1 amide bonds. The molecule has 2 rings (SSSR count). The van der Waals surface area contributed by atoms with Gasteiger partial charge in [0.05, 0.1) is 26.1 Å². The Hall–Kier alpha value is -2.63. The summed E-state index contributed by atoms with van der Waals surface area (Å²) >= 11 is 6.07. The minimum Gasteiger partial charge on any atom is -0.321 e. The molecule has 0 saturated carbocycles. The Morgan fingerprint density at radius 2 is 1.63 bits per heavy atom. The van der Waals surface area contributed by atoms with Crippen LogP contribution in [0.3, 0.4) is 0 Å². The van der Waals surface area contributed by atoms with E-state index in [1.807, 2.05) is 0 Å². The number of hydrogen-bond donors (Lipinski definition) is 1. The van der Waals surface area contributed by atoms with E-state index in [0.717, 1.165) is 0 Å². The molecule has 0 aliphatic heterocycles. The van der Waals surface area contributed by atoms with Gasteiger partial charge in [-0.05, 0) is 44.2 Å². The van der Waals surface area contributed by atoms with Crippen molar-refractivity contribution in [3.63, 3.8) is 0 Å². The summed E-state index contributed by atoms with van der Waals surface area (Å²) in [5.74, 6) is -0.483. The molecule has 0 unspecified atom stereocenters. The second kappa shape index (κ2) is 9.35. The van der Waals surface area contributed by atoms with Crippen LogP contribution in [0.1, 0.15) is 24.2 Å². The summed E-state index contributed by atoms with van der Waals surface area (Å²) in [6.45, 7) is 3.44. The Kier molecular flexibility index (Phi) is 7.16. The van der Waals surface area contributed by atoms with Gasteiger partial charge in [-0.25, -0.2) is 8.42 Å². The summed E-state index contributed by atoms with van der Waals surface area (Å²) in [6, 6.07) is 14.7. The molecule has 0 fully saturated rings. The maximum Gasteiger partial charge on any atom is 0.257 e. The van der Waals surface area contributed by atoms with Gasteiger partial charge in [-0.1, -0.05) is 60.2 Å². The van der Waals surface area contributed by atoms with Crippen molar-refractivity contribution in [2.45, 2.75) is 18.7 Å². The normalized spacial score (nSPS) is 13.0. The first kappa shape index (κ1) is 20.7. The molecule has 0 aromatic heterocycles. The van der Waals surface area contributed by atoms with Crippen LogP contribution >= 0.6 is 11.6 Å². The van der Waals surface area contributed by atoms with Crippen molar-refractivity contribution in [1.29, 1.82) is 0 Å². The molecule has 6 heteroatoms.